The number of amides is 1. The number of nitrogens with one attached hydrogen (secondary N) is 1. The normalized spacial score (nSPS) is 11.1. The minimum absolute atomic E-state index is 0.0638. The van der Waals surface area contributed by atoms with Crippen molar-refractivity contribution in [2.24, 2.45) is 0 Å². The molecule has 0 aliphatic carbocycles. The summed E-state index contributed by atoms with van der Waals surface area (Å²) in [6.07, 6.45) is 1.90. The van der Waals surface area contributed by atoms with Crippen molar-refractivity contribution in [2.45, 2.75) is 24.7 Å². The van der Waals surface area contributed by atoms with Crippen molar-refractivity contribution in [3.63, 3.8) is 0 Å². The van der Waals surface area contributed by atoms with E-state index in [-0.39, 0.29) is 10.8 Å². The van der Waals surface area contributed by atoms with Gasteiger partial charge in [0.1, 0.15) is 0 Å². The molecule has 0 fully saturated rings. The van der Waals surface area contributed by atoms with Crippen molar-refractivity contribution in [3.8, 4) is 0 Å². The molecule has 0 aliphatic heterocycles. The van der Waals surface area contributed by atoms with Crippen molar-refractivity contribution < 1.29 is 13.2 Å². The molecule has 1 amide bonds. The minimum Gasteiger partial charge on any atom is -0.378 e. The summed E-state index contributed by atoms with van der Waals surface area (Å²) in [4.78, 5) is 16.1. The lowest BCUT2D eigenvalue weighted by atomic mass is 10.2. The Morgan fingerprint density at radius 3 is 2.30 bits per heavy atom. The molecule has 0 atom stereocenters. The van der Waals surface area contributed by atoms with Crippen LogP contribution in [0.2, 0.25) is 0 Å². The second-order valence-electron chi connectivity index (χ2n) is 6.65. The summed E-state index contributed by atoms with van der Waals surface area (Å²) in [7, 11) is 1.78. The van der Waals surface area contributed by atoms with Gasteiger partial charge in [0.2, 0.25) is 0 Å². The lowest BCUT2D eigenvalue weighted by Crippen LogP contribution is -2.28. The van der Waals surface area contributed by atoms with Crippen LogP contribution in [-0.4, -0.2) is 46.9 Å². The molecule has 0 unspecified atom stereocenters. The maximum absolute atomic E-state index is 12.7. The highest BCUT2D eigenvalue weighted by Crippen LogP contribution is 2.20. The maximum Gasteiger partial charge on any atom is 0.261 e. The van der Waals surface area contributed by atoms with Gasteiger partial charge in [-0.15, -0.1) is 0 Å². The van der Waals surface area contributed by atoms with Crippen molar-refractivity contribution in [1.29, 1.82) is 0 Å². The van der Waals surface area contributed by atoms with Gasteiger partial charge in [0.25, 0.3) is 15.9 Å². The Hall–Kier alpha value is -2.54. The first kappa shape index (κ1) is 20.8. The van der Waals surface area contributed by atoms with Crippen LogP contribution in [0.15, 0.2) is 53.4 Å². The Balaban J connectivity index is 2.20. The fraction of sp³-hybridized carbons (Fsp3) is 0.350. The number of anilines is 2. The SMILES string of the molecule is CCCCN(C)C(=O)c1cccc(S(=O)(=O)Nc2ccc(N(C)C)cc2)c1. The van der Waals surface area contributed by atoms with Crippen LogP contribution in [0.1, 0.15) is 30.1 Å². The molecular weight excluding hydrogens is 362 g/mol. The Morgan fingerprint density at radius 2 is 1.70 bits per heavy atom. The van der Waals surface area contributed by atoms with E-state index in [1.807, 2.05) is 31.1 Å². The van der Waals surface area contributed by atoms with E-state index in [4.69, 9.17) is 0 Å². The molecule has 6 nitrogen and oxygen atoms in total. The molecular formula is C20H27N3O3S. The van der Waals surface area contributed by atoms with Crippen LogP contribution < -0.4 is 9.62 Å². The Morgan fingerprint density at radius 1 is 1.04 bits per heavy atom. The van der Waals surface area contributed by atoms with E-state index in [1.165, 1.54) is 12.1 Å². The zero-order valence-electron chi connectivity index (χ0n) is 16.3. The summed E-state index contributed by atoms with van der Waals surface area (Å²) in [5.41, 5.74) is 1.80. The van der Waals surface area contributed by atoms with Gasteiger partial charge in [0.15, 0.2) is 0 Å². The standard InChI is InChI=1S/C20H27N3O3S/c1-5-6-14-23(4)20(24)16-8-7-9-19(15-16)27(25,26)21-17-10-12-18(13-11-17)22(2)3/h7-13,15,21H,5-6,14H2,1-4H3. The molecule has 2 rings (SSSR count). The molecule has 0 heterocycles. The highest BCUT2D eigenvalue weighted by atomic mass is 32.2. The van der Waals surface area contributed by atoms with Gasteiger partial charge in [0.05, 0.1) is 4.90 Å². The molecule has 2 aromatic carbocycles. The fourth-order valence-corrected chi connectivity index (χ4v) is 3.66. The average Bonchev–Trinajstić information content (AvgIpc) is 2.65. The van der Waals surface area contributed by atoms with Gasteiger partial charge in [-0.05, 0) is 48.9 Å². The number of hydrogen-bond donors (Lipinski definition) is 1. The van der Waals surface area contributed by atoms with E-state index < -0.39 is 10.0 Å². The summed E-state index contributed by atoms with van der Waals surface area (Å²) < 4.78 is 27.9. The van der Waals surface area contributed by atoms with E-state index in [9.17, 15) is 13.2 Å². The fourth-order valence-electron chi connectivity index (χ4n) is 2.56. The highest BCUT2D eigenvalue weighted by molar-refractivity contribution is 7.92. The highest BCUT2D eigenvalue weighted by Gasteiger charge is 2.18. The van der Waals surface area contributed by atoms with Crippen LogP contribution >= 0.6 is 0 Å². The quantitative estimate of drug-likeness (QED) is 0.751. The molecule has 0 bridgehead atoms. The third-order valence-corrected chi connectivity index (χ3v) is 5.60. The lowest BCUT2D eigenvalue weighted by Gasteiger charge is -2.17. The van der Waals surface area contributed by atoms with Crippen LogP contribution in [0.25, 0.3) is 0 Å². The zero-order chi connectivity index (χ0) is 20.0. The molecule has 7 heteroatoms. The van der Waals surface area contributed by atoms with Crippen LogP contribution in [-0.2, 0) is 10.0 Å². The summed E-state index contributed by atoms with van der Waals surface area (Å²) in [6.45, 7) is 2.70. The molecule has 0 radical (unpaired) electrons. The van der Waals surface area contributed by atoms with E-state index >= 15 is 0 Å². The number of hydrogen-bond acceptors (Lipinski definition) is 4. The van der Waals surface area contributed by atoms with Crippen molar-refractivity contribution in [1.82, 2.24) is 4.90 Å². The van der Waals surface area contributed by atoms with E-state index in [1.54, 1.807) is 36.2 Å². The molecule has 0 aromatic heterocycles. The topological polar surface area (TPSA) is 69.7 Å². The first-order valence-corrected chi connectivity index (χ1v) is 10.4. The number of rotatable bonds is 8. The van der Waals surface area contributed by atoms with Crippen molar-refractivity contribution in [2.75, 3.05) is 37.3 Å². The number of nitrogens with zero attached hydrogens (tertiary/aromatic N) is 2. The third kappa shape index (κ3) is 5.47. The largest absolute Gasteiger partial charge is 0.378 e. The number of unbranched alkanes of at least 4 members (excludes halogenated alkanes) is 1. The molecule has 0 aliphatic rings. The van der Waals surface area contributed by atoms with Crippen LogP contribution in [0.4, 0.5) is 11.4 Å². The van der Waals surface area contributed by atoms with Gasteiger partial charge in [-0.3, -0.25) is 9.52 Å². The smallest absolute Gasteiger partial charge is 0.261 e. The molecule has 0 spiro atoms. The van der Waals surface area contributed by atoms with Gasteiger partial charge in [-0.25, -0.2) is 8.42 Å². The molecule has 146 valence electrons. The van der Waals surface area contributed by atoms with Crippen molar-refractivity contribution >= 4 is 27.3 Å². The first-order chi connectivity index (χ1) is 12.7. The van der Waals surface area contributed by atoms with Crippen molar-refractivity contribution in [3.05, 3.63) is 54.1 Å². The Kier molecular flexibility index (Phi) is 6.85. The molecule has 2 aromatic rings. The molecule has 1 N–H and O–H groups in total. The predicted octanol–water partition coefficient (Wildman–Crippen LogP) is 3.43. The zero-order valence-corrected chi connectivity index (χ0v) is 17.1. The van der Waals surface area contributed by atoms with Crippen LogP contribution in [0, 0.1) is 0 Å². The van der Waals surface area contributed by atoms with Gasteiger partial charge in [0, 0.05) is 44.6 Å². The van der Waals surface area contributed by atoms with Gasteiger partial charge in [-0.1, -0.05) is 19.4 Å². The molecule has 0 saturated heterocycles. The predicted molar refractivity (Wildman–Crippen MR) is 110 cm³/mol. The van der Waals surface area contributed by atoms with Gasteiger partial charge in [-0.2, -0.15) is 0 Å². The van der Waals surface area contributed by atoms with E-state index in [2.05, 4.69) is 11.6 Å². The lowest BCUT2D eigenvalue weighted by molar-refractivity contribution is 0.0793. The second-order valence-corrected chi connectivity index (χ2v) is 8.34. The summed E-state index contributed by atoms with van der Waals surface area (Å²) in [5.74, 6) is -0.184. The molecule has 27 heavy (non-hydrogen) atoms. The molecule has 0 saturated carbocycles. The summed E-state index contributed by atoms with van der Waals surface area (Å²) >= 11 is 0. The summed E-state index contributed by atoms with van der Waals surface area (Å²) in [6, 6.07) is 13.2. The minimum atomic E-state index is -3.78. The third-order valence-electron chi connectivity index (χ3n) is 4.22. The Bertz CT molecular complexity index is 878. The number of benzene rings is 2. The van der Waals surface area contributed by atoms with Crippen LogP contribution in [0.3, 0.4) is 0 Å². The maximum atomic E-state index is 12.7. The second kappa shape index (κ2) is 8.90. The Labute approximate surface area is 161 Å². The monoisotopic (exact) mass is 389 g/mol. The van der Waals surface area contributed by atoms with E-state index in [0.29, 0.717) is 17.8 Å². The average molecular weight is 390 g/mol. The summed E-state index contributed by atoms with van der Waals surface area (Å²) in [5, 5.41) is 0. The van der Waals surface area contributed by atoms with Crippen LogP contribution in [0.5, 0.6) is 0 Å². The number of sulfonamides is 1. The van der Waals surface area contributed by atoms with Gasteiger partial charge >= 0.3 is 0 Å². The van der Waals surface area contributed by atoms with Gasteiger partial charge < -0.3 is 9.80 Å². The number of carbonyl (C=O) groups excluding carboxylic acids is 1. The number of carbonyl (C=O) groups is 1. The van der Waals surface area contributed by atoms with E-state index in [0.717, 1.165) is 18.5 Å². The first-order valence-electron chi connectivity index (χ1n) is 8.90.